The lowest BCUT2D eigenvalue weighted by molar-refractivity contribution is -0.137. The van der Waals surface area contributed by atoms with Crippen LogP contribution in [0.1, 0.15) is 58.3 Å². The molecule has 0 aromatic carbocycles. The van der Waals surface area contributed by atoms with Gasteiger partial charge in [-0.1, -0.05) is 43.6 Å². The first-order valence-electron chi connectivity index (χ1n) is 6.25. The second-order valence-corrected chi connectivity index (χ2v) is 3.98. The summed E-state index contributed by atoms with van der Waals surface area (Å²) in [5.41, 5.74) is 0. The van der Waals surface area contributed by atoms with Crippen LogP contribution in [0, 0.1) is 0 Å². The van der Waals surface area contributed by atoms with Crippen molar-refractivity contribution >= 4 is 5.97 Å². The zero-order chi connectivity index (χ0) is 12.1. The average molecular weight is 224 g/mol. The molecule has 2 heteroatoms. The van der Waals surface area contributed by atoms with E-state index >= 15 is 0 Å². The van der Waals surface area contributed by atoms with Crippen molar-refractivity contribution in [2.75, 3.05) is 0 Å². The van der Waals surface area contributed by atoms with Crippen molar-refractivity contribution in [1.82, 2.24) is 0 Å². The molecule has 1 N–H and O–H groups in total. The van der Waals surface area contributed by atoms with Crippen LogP contribution in [0.25, 0.3) is 0 Å². The number of carboxylic acids is 1. The predicted octanol–water partition coefficient (Wildman–Crippen LogP) is 4.32. The van der Waals surface area contributed by atoms with Crippen LogP contribution in [0.15, 0.2) is 24.3 Å². The van der Waals surface area contributed by atoms with E-state index in [1.807, 2.05) is 6.92 Å². The zero-order valence-corrected chi connectivity index (χ0v) is 10.3. The van der Waals surface area contributed by atoms with E-state index in [2.05, 4.69) is 24.3 Å². The van der Waals surface area contributed by atoms with Crippen LogP contribution in [-0.4, -0.2) is 11.1 Å². The van der Waals surface area contributed by atoms with Gasteiger partial charge in [-0.15, -0.1) is 0 Å². The summed E-state index contributed by atoms with van der Waals surface area (Å²) in [4.78, 5) is 10.2. The summed E-state index contributed by atoms with van der Waals surface area (Å²) < 4.78 is 0. The molecule has 0 aliphatic heterocycles. The van der Waals surface area contributed by atoms with Gasteiger partial charge in [0, 0.05) is 6.42 Å². The first kappa shape index (κ1) is 14.9. The molecule has 0 saturated heterocycles. The molecule has 0 aliphatic carbocycles. The third-order valence-electron chi connectivity index (χ3n) is 2.44. The number of aliphatic carboxylic acids is 1. The van der Waals surface area contributed by atoms with Gasteiger partial charge in [0.25, 0.3) is 0 Å². The van der Waals surface area contributed by atoms with E-state index in [1.54, 1.807) is 0 Å². The number of unbranched alkanes of at least 4 members (excludes halogenated alkanes) is 5. The maximum Gasteiger partial charge on any atom is 0.303 e. The summed E-state index contributed by atoms with van der Waals surface area (Å²) in [7, 11) is 0. The van der Waals surface area contributed by atoms with Crippen LogP contribution in [0.5, 0.6) is 0 Å². The minimum Gasteiger partial charge on any atom is -0.481 e. The second-order valence-electron chi connectivity index (χ2n) is 3.98. The molecule has 0 unspecified atom stereocenters. The second kappa shape index (κ2) is 12.0. The van der Waals surface area contributed by atoms with Gasteiger partial charge in [0.1, 0.15) is 0 Å². The third kappa shape index (κ3) is 12.9. The molecule has 92 valence electrons. The smallest absolute Gasteiger partial charge is 0.303 e. The number of hydrogen-bond acceptors (Lipinski definition) is 1. The van der Waals surface area contributed by atoms with Crippen LogP contribution >= 0.6 is 0 Å². The van der Waals surface area contributed by atoms with E-state index < -0.39 is 5.97 Å². The molecule has 0 bridgehead atoms. The molecule has 0 spiro atoms. The van der Waals surface area contributed by atoms with E-state index in [9.17, 15) is 4.79 Å². The maximum absolute atomic E-state index is 10.2. The highest BCUT2D eigenvalue weighted by atomic mass is 16.4. The number of carboxylic acid groups (broad SMARTS) is 1. The summed E-state index contributed by atoms with van der Waals surface area (Å²) >= 11 is 0. The molecule has 16 heavy (non-hydrogen) atoms. The van der Waals surface area contributed by atoms with Crippen molar-refractivity contribution in [1.29, 1.82) is 0 Å². The SMILES string of the molecule is C/C=C/C/C=C\CCCCCCCC(=O)O. The molecule has 2 nitrogen and oxygen atoms in total. The van der Waals surface area contributed by atoms with Gasteiger partial charge in [-0.3, -0.25) is 4.79 Å². The standard InChI is InChI=1S/C14H24O2/c1-2-3-4-5-6-7-8-9-10-11-12-13-14(15)16/h2-3,5-6H,4,7-13H2,1H3,(H,15,16)/b3-2+,6-5-. The van der Waals surface area contributed by atoms with Gasteiger partial charge in [0.15, 0.2) is 0 Å². The Morgan fingerprint density at radius 2 is 1.69 bits per heavy atom. The Hall–Kier alpha value is -1.05. The fraction of sp³-hybridized carbons (Fsp3) is 0.643. The Morgan fingerprint density at radius 1 is 1.00 bits per heavy atom. The number of rotatable bonds is 10. The van der Waals surface area contributed by atoms with Crippen molar-refractivity contribution in [3.05, 3.63) is 24.3 Å². The third-order valence-corrected chi connectivity index (χ3v) is 2.44. The molecule has 0 aliphatic rings. The van der Waals surface area contributed by atoms with Crippen LogP contribution in [0.4, 0.5) is 0 Å². The lowest BCUT2D eigenvalue weighted by atomic mass is 10.1. The first-order valence-corrected chi connectivity index (χ1v) is 6.25. The largest absolute Gasteiger partial charge is 0.481 e. The van der Waals surface area contributed by atoms with E-state index in [4.69, 9.17) is 5.11 Å². The predicted molar refractivity (Wildman–Crippen MR) is 68.5 cm³/mol. The molecule has 0 saturated carbocycles. The van der Waals surface area contributed by atoms with E-state index in [1.165, 1.54) is 12.8 Å². The van der Waals surface area contributed by atoms with Crippen molar-refractivity contribution in [2.45, 2.75) is 58.3 Å². The van der Waals surface area contributed by atoms with Gasteiger partial charge in [0.2, 0.25) is 0 Å². The Labute approximate surface area is 99.1 Å². The molecule has 0 rings (SSSR count). The highest BCUT2D eigenvalue weighted by Crippen LogP contribution is 2.07. The van der Waals surface area contributed by atoms with E-state index in [0.29, 0.717) is 6.42 Å². The summed E-state index contributed by atoms with van der Waals surface area (Å²) in [6, 6.07) is 0. The quantitative estimate of drug-likeness (QED) is 0.443. The van der Waals surface area contributed by atoms with Gasteiger partial charge < -0.3 is 5.11 Å². The van der Waals surface area contributed by atoms with Gasteiger partial charge in [-0.25, -0.2) is 0 Å². The molecule has 0 heterocycles. The highest BCUT2D eigenvalue weighted by molar-refractivity contribution is 5.66. The van der Waals surface area contributed by atoms with Crippen molar-refractivity contribution < 1.29 is 9.90 Å². The molecular weight excluding hydrogens is 200 g/mol. The van der Waals surface area contributed by atoms with Crippen molar-refractivity contribution in [3.63, 3.8) is 0 Å². The Morgan fingerprint density at radius 3 is 2.38 bits per heavy atom. The minimum absolute atomic E-state index is 0.323. The number of hydrogen-bond donors (Lipinski definition) is 1. The molecule has 0 radical (unpaired) electrons. The van der Waals surface area contributed by atoms with Crippen LogP contribution in [0.2, 0.25) is 0 Å². The van der Waals surface area contributed by atoms with E-state index in [-0.39, 0.29) is 0 Å². The van der Waals surface area contributed by atoms with E-state index in [0.717, 1.165) is 32.1 Å². The van der Waals surface area contributed by atoms with Crippen molar-refractivity contribution in [2.24, 2.45) is 0 Å². The summed E-state index contributed by atoms with van der Waals surface area (Å²) in [6.07, 6.45) is 16.6. The van der Waals surface area contributed by atoms with Gasteiger partial charge >= 0.3 is 5.97 Å². The van der Waals surface area contributed by atoms with Crippen LogP contribution in [-0.2, 0) is 4.79 Å². The number of allylic oxidation sites excluding steroid dienone is 4. The average Bonchev–Trinajstić information content (AvgIpc) is 2.25. The topological polar surface area (TPSA) is 37.3 Å². The molecule has 0 aromatic heterocycles. The fourth-order valence-corrected chi connectivity index (χ4v) is 1.50. The van der Waals surface area contributed by atoms with Crippen molar-refractivity contribution in [3.8, 4) is 0 Å². The molecule has 0 amide bonds. The number of carbonyl (C=O) groups is 1. The lowest BCUT2D eigenvalue weighted by Gasteiger charge is -1.97. The summed E-state index contributed by atoms with van der Waals surface area (Å²) in [5, 5.41) is 8.44. The fourth-order valence-electron chi connectivity index (χ4n) is 1.50. The Balaban J connectivity index is 3.09. The van der Waals surface area contributed by atoms with Crippen LogP contribution in [0.3, 0.4) is 0 Å². The summed E-state index contributed by atoms with van der Waals surface area (Å²) in [5.74, 6) is -0.674. The molecular formula is C14H24O2. The summed E-state index contributed by atoms with van der Waals surface area (Å²) in [6.45, 7) is 2.03. The minimum atomic E-state index is -0.674. The first-order chi connectivity index (χ1) is 7.77. The Bertz CT molecular complexity index is 217. The molecule has 0 atom stereocenters. The van der Waals surface area contributed by atoms with Gasteiger partial charge in [0.05, 0.1) is 0 Å². The van der Waals surface area contributed by atoms with Gasteiger partial charge in [-0.2, -0.15) is 0 Å². The normalized spacial score (nSPS) is 11.6. The molecule has 0 aromatic rings. The zero-order valence-electron chi connectivity index (χ0n) is 10.3. The Kier molecular flexibility index (Phi) is 11.2. The molecule has 0 fully saturated rings. The van der Waals surface area contributed by atoms with Gasteiger partial charge in [-0.05, 0) is 32.6 Å². The highest BCUT2D eigenvalue weighted by Gasteiger charge is 1.95. The maximum atomic E-state index is 10.2. The van der Waals surface area contributed by atoms with Crippen LogP contribution < -0.4 is 0 Å². The monoisotopic (exact) mass is 224 g/mol. The lowest BCUT2D eigenvalue weighted by Crippen LogP contribution is -1.93.